The molecule has 13 aromatic rings. The first kappa shape index (κ1) is 34.5. The van der Waals surface area contributed by atoms with Gasteiger partial charge >= 0.3 is 0 Å². The monoisotopic (exact) mass is 793 g/mol. The largest absolute Gasteiger partial charge is 0.456 e. The first-order valence-corrected chi connectivity index (χ1v) is 21.0. The summed E-state index contributed by atoms with van der Waals surface area (Å²) in [4.78, 5) is 2.38. The van der Waals surface area contributed by atoms with E-state index in [1.54, 1.807) is 0 Å². The molecular weight excluding hydrogens is 759 g/mol. The molecular formula is C58H35NO3. The van der Waals surface area contributed by atoms with E-state index in [-0.39, 0.29) is 0 Å². The number of furan rings is 3. The number of benzene rings is 10. The number of fused-ring (bicyclic) bond motifs is 10. The summed E-state index contributed by atoms with van der Waals surface area (Å²) in [6, 6.07) is 75.1. The predicted molar refractivity (Wildman–Crippen MR) is 257 cm³/mol. The summed E-state index contributed by atoms with van der Waals surface area (Å²) in [6.45, 7) is 0. The van der Waals surface area contributed by atoms with Gasteiger partial charge in [0.15, 0.2) is 0 Å². The second kappa shape index (κ2) is 13.6. The third kappa shape index (κ3) is 5.27. The van der Waals surface area contributed by atoms with Crippen LogP contribution in [0.2, 0.25) is 0 Å². The lowest BCUT2D eigenvalue weighted by Gasteiger charge is -2.28. The molecule has 0 spiro atoms. The lowest BCUT2D eigenvalue weighted by molar-refractivity contribution is 0.668. The van der Waals surface area contributed by atoms with Crippen LogP contribution >= 0.6 is 0 Å². The van der Waals surface area contributed by atoms with Crippen molar-refractivity contribution in [2.45, 2.75) is 0 Å². The van der Waals surface area contributed by atoms with Gasteiger partial charge in [0.1, 0.15) is 33.5 Å². The fraction of sp³-hybridized carbons (Fsp3) is 0. The van der Waals surface area contributed by atoms with Gasteiger partial charge in [-0.25, -0.2) is 0 Å². The molecule has 0 atom stereocenters. The maximum absolute atomic E-state index is 6.57. The van der Waals surface area contributed by atoms with Crippen molar-refractivity contribution in [1.82, 2.24) is 0 Å². The van der Waals surface area contributed by atoms with Gasteiger partial charge in [0, 0.05) is 54.6 Å². The number of anilines is 3. The average molecular weight is 794 g/mol. The van der Waals surface area contributed by atoms with E-state index < -0.39 is 0 Å². The summed E-state index contributed by atoms with van der Waals surface area (Å²) in [5, 5.41) is 9.02. The highest BCUT2D eigenvalue weighted by molar-refractivity contribution is 6.16. The molecule has 3 aromatic heterocycles. The lowest BCUT2D eigenvalue weighted by atomic mass is 9.94. The smallest absolute Gasteiger partial charge is 0.143 e. The fourth-order valence-electron chi connectivity index (χ4n) is 9.71. The van der Waals surface area contributed by atoms with Crippen molar-refractivity contribution < 1.29 is 13.3 Å². The van der Waals surface area contributed by atoms with Crippen LogP contribution in [0.5, 0.6) is 0 Å². The van der Waals surface area contributed by atoms with E-state index in [0.29, 0.717) is 0 Å². The molecule has 0 radical (unpaired) electrons. The standard InChI is InChI=1S/C58H35NO3/c1-2-13-44-42(12-1)43(46-19-9-20-47-45-14-3-6-21-51(45)62-58(46)47)34-35-50(44)59(38-30-26-36(27-31-38)40-17-10-24-54-56(40)48-15-4-7-22-52(48)60-54)39-32-28-37(29-33-39)41-18-11-25-55-57(41)49-16-5-8-23-53(49)61-55/h1-35H. The summed E-state index contributed by atoms with van der Waals surface area (Å²) >= 11 is 0. The maximum atomic E-state index is 6.57. The van der Waals surface area contributed by atoms with Crippen molar-refractivity contribution in [2.75, 3.05) is 4.90 Å². The van der Waals surface area contributed by atoms with Crippen LogP contribution < -0.4 is 4.90 Å². The summed E-state index contributed by atoms with van der Waals surface area (Å²) in [6.07, 6.45) is 0. The molecule has 0 aliphatic heterocycles. The Labute approximate surface area is 356 Å². The van der Waals surface area contributed by atoms with E-state index in [4.69, 9.17) is 13.3 Å². The molecule has 0 bridgehead atoms. The van der Waals surface area contributed by atoms with E-state index in [9.17, 15) is 0 Å². The van der Waals surface area contributed by atoms with E-state index in [2.05, 4.69) is 181 Å². The molecule has 0 fully saturated rings. The number of hydrogen-bond acceptors (Lipinski definition) is 4. The predicted octanol–water partition coefficient (Wildman–Crippen LogP) is 17.0. The van der Waals surface area contributed by atoms with Crippen LogP contribution in [-0.4, -0.2) is 0 Å². The number of nitrogens with zero attached hydrogens (tertiary/aromatic N) is 1. The summed E-state index contributed by atoms with van der Waals surface area (Å²) in [7, 11) is 0. The van der Waals surface area contributed by atoms with E-state index in [1.807, 2.05) is 36.4 Å². The number of para-hydroxylation sites is 4. The van der Waals surface area contributed by atoms with Crippen LogP contribution in [0.1, 0.15) is 0 Å². The van der Waals surface area contributed by atoms with Crippen molar-refractivity contribution in [2.24, 2.45) is 0 Å². The van der Waals surface area contributed by atoms with Crippen LogP contribution in [0.3, 0.4) is 0 Å². The highest BCUT2D eigenvalue weighted by atomic mass is 16.3. The Morgan fingerprint density at radius 1 is 0.258 bits per heavy atom. The molecule has 62 heavy (non-hydrogen) atoms. The van der Waals surface area contributed by atoms with Crippen molar-refractivity contribution in [3.05, 3.63) is 212 Å². The Bertz CT molecular complexity index is 3710. The maximum Gasteiger partial charge on any atom is 0.143 e. The minimum absolute atomic E-state index is 0.888. The summed E-state index contributed by atoms with van der Waals surface area (Å²) in [5.74, 6) is 0. The molecule has 0 aliphatic carbocycles. The molecule has 10 aromatic carbocycles. The summed E-state index contributed by atoms with van der Waals surface area (Å²) < 4.78 is 19.1. The molecule has 0 aliphatic rings. The zero-order chi connectivity index (χ0) is 40.7. The van der Waals surface area contributed by atoms with Gasteiger partial charge < -0.3 is 18.2 Å². The van der Waals surface area contributed by atoms with E-state index in [0.717, 1.165) is 127 Å². The highest BCUT2D eigenvalue weighted by Crippen LogP contribution is 2.46. The Balaban J connectivity index is 0.984. The topological polar surface area (TPSA) is 42.7 Å². The van der Waals surface area contributed by atoms with Crippen LogP contribution in [0.4, 0.5) is 17.1 Å². The second-order valence-electron chi connectivity index (χ2n) is 15.9. The van der Waals surface area contributed by atoms with Gasteiger partial charge in [0.25, 0.3) is 0 Å². The molecule has 290 valence electrons. The molecule has 0 unspecified atom stereocenters. The van der Waals surface area contributed by atoms with Gasteiger partial charge in [0.05, 0.1) is 5.69 Å². The SMILES string of the molecule is c1ccc2c(c1)oc1c(-c3ccc(N(c4ccc(-c5cccc6oc7ccccc7c56)cc4)c4ccc(-c5cccc6oc7ccccc7c56)cc4)c4ccccc34)cccc12. The van der Waals surface area contributed by atoms with Gasteiger partial charge in [-0.05, 0) is 93.9 Å². The van der Waals surface area contributed by atoms with E-state index >= 15 is 0 Å². The third-order valence-corrected chi connectivity index (χ3v) is 12.5. The third-order valence-electron chi connectivity index (χ3n) is 12.5. The molecule has 0 saturated carbocycles. The molecule has 3 heterocycles. The minimum Gasteiger partial charge on any atom is -0.456 e. The molecule has 13 rings (SSSR count). The van der Waals surface area contributed by atoms with Crippen LogP contribution in [0.25, 0.3) is 110 Å². The Morgan fingerprint density at radius 2 is 0.694 bits per heavy atom. The second-order valence-corrected chi connectivity index (χ2v) is 15.9. The van der Waals surface area contributed by atoms with E-state index in [1.165, 1.54) is 0 Å². The van der Waals surface area contributed by atoms with Crippen LogP contribution in [-0.2, 0) is 0 Å². The molecule has 0 amide bonds. The van der Waals surface area contributed by atoms with Crippen LogP contribution in [0.15, 0.2) is 226 Å². The van der Waals surface area contributed by atoms with Crippen molar-refractivity contribution in [3.8, 4) is 33.4 Å². The van der Waals surface area contributed by atoms with Crippen LogP contribution in [0, 0.1) is 0 Å². The normalized spacial score (nSPS) is 11.9. The minimum atomic E-state index is 0.888. The van der Waals surface area contributed by atoms with Gasteiger partial charge in [0.2, 0.25) is 0 Å². The first-order chi connectivity index (χ1) is 30.7. The van der Waals surface area contributed by atoms with Gasteiger partial charge in [-0.3, -0.25) is 0 Å². The first-order valence-electron chi connectivity index (χ1n) is 21.0. The Hall–Kier alpha value is -8.34. The molecule has 0 N–H and O–H groups in total. The van der Waals surface area contributed by atoms with Crippen molar-refractivity contribution in [3.63, 3.8) is 0 Å². The van der Waals surface area contributed by atoms with Gasteiger partial charge in [-0.1, -0.05) is 152 Å². The molecule has 0 saturated heterocycles. The zero-order valence-electron chi connectivity index (χ0n) is 33.4. The summed E-state index contributed by atoms with van der Waals surface area (Å²) in [5.41, 5.74) is 15.3. The van der Waals surface area contributed by atoms with Gasteiger partial charge in [-0.2, -0.15) is 0 Å². The number of rotatable bonds is 6. The average Bonchev–Trinajstić information content (AvgIpc) is 4.04. The fourth-order valence-corrected chi connectivity index (χ4v) is 9.71. The number of hydrogen-bond donors (Lipinski definition) is 0. The lowest BCUT2D eigenvalue weighted by Crippen LogP contribution is -2.10. The Morgan fingerprint density at radius 3 is 1.27 bits per heavy atom. The molecule has 4 nitrogen and oxygen atoms in total. The Kier molecular flexibility index (Phi) is 7.57. The van der Waals surface area contributed by atoms with Crippen molar-refractivity contribution >= 4 is 93.7 Å². The zero-order valence-corrected chi connectivity index (χ0v) is 33.4. The van der Waals surface area contributed by atoms with Crippen molar-refractivity contribution in [1.29, 1.82) is 0 Å². The molecule has 4 heteroatoms. The van der Waals surface area contributed by atoms with Gasteiger partial charge in [-0.15, -0.1) is 0 Å². The quantitative estimate of drug-likeness (QED) is 0.168. The highest BCUT2D eigenvalue weighted by Gasteiger charge is 2.21.